The first-order valence-electron chi connectivity index (χ1n) is 5.44. The molecule has 0 saturated carbocycles. The predicted molar refractivity (Wildman–Crippen MR) is 63.8 cm³/mol. The molecule has 2 rings (SSSR count). The number of halogens is 1. The summed E-state index contributed by atoms with van der Waals surface area (Å²) in [6.07, 6.45) is 3.94. The second kappa shape index (κ2) is 5.01. The fraction of sp³-hybridized carbons (Fsp3) is 0.231. The van der Waals surface area contributed by atoms with Gasteiger partial charge in [-0.15, -0.1) is 0 Å². The van der Waals surface area contributed by atoms with Crippen LogP contribution in [0.1, 0.15) is 22.7 Å². The summed E-state index contributed by atoms with van der Waals surface area (Å²) in [6, 6.07) is 6.46. The topological polar surface area (TPSA) is 51.8 Å². The van der Waals surface area contributed by atoms with Gasteiger partial charge in [-0.2, -0.15) is 10.2 Å². The molecule has 0 aliphatic carbocycles. The maximum Gasteiger partial charge on any atom is 0.123 e. The second-order valence-electron chi connectivity index (χ2n) is 4.06. The standard InChI is InChI=1S/C13H14FN3/c1-9-6-12(14)3-2-10(9)7-13(15)11-4-5-16-17-8-11/h2-6,8,13H,7,15H2,1H3. The number of rotatable bonds is 3. The molecule has 1 unspecified atom stereocenters. The highest BCUT2D eigenvalue weighted by Gasteiger charge is 2.09. The lowest BCUT2D eigenvalue weighted by molar-refractivity contribution is 0.623. The highest BCUT2D eigenvalue weighted by atomic mass is 19.1. The van der Waals surface area contributed by atoms with E-state index < -0.39 is 0 Å². The van der Waals surface area contributed by atoms with Crippen LogP contribution in [0.15, 0.2) is 36.7 Å². The Labute approximate surface area is 99.5 Å². The van der Waals surface area contributed by atoms with Crippen LogP contribution in [0.3, 0.4) is 0 Å². The van der Waals surface area contributed by atoms with Crippen molar-refractivity contribution < 1.29 is 4.39 Å². The van der Waals surface area contributed by atoms with E-state index in [1.54, 1.807) is 18.5 Å². The van der Waals surface area contributed by atoms with Crippen molar-refractivity contribution in [1.29, 1.82) is 0 Å². The number of nitrogens with zero attached hydrogens (tertiary/aromatic N) is 2. The third-order valence-corrected chi connectivity index (χ3v) is 2.78. The Bertz CT molecular complexity index is 499. The zero-order valence-electron chi connectivity index (χ0n) is 9.60. The molecule has 0 radical (unpaired) electrons. The molecule has 17 heavy (non-hydrogen) atoms. The van der Waals surface area contributed by atoms with Crippen molar-refractivity contribution in [3.05, 3.63) is 59.2 Å². The Kier molecular flexibility index (Phi) is 3.44. The van der Waals surface area contributed by atoms with Crippen molar-refractivity contribution in [2.75, 3.05) is 0 Å². The maximum absolute atomic E-state index is 13.0. The second-order valence-corrected chi connectivity index (χ2v) is 4.06. The third kappa shape index (κ3) is 2.85. The van der Waals surface area contributed by atoms with Crippen molar-refractivity contribution in [3.63, 3.8) is 0 Å². The molecule has 3 nitrogen and oxygen atoms in total. The van der Waals surface area contributed by atoms with Crippen LogP contribution in [0, 0.1) is 12.7 Å². The molecule has 4 heteroatoms. The number of nitrogens with two attached hydrogens (primary N) is 1. The van der Waals surface area contributed by atoms with Crippen molar-refractivity contribution in [2.24, 2.45) is 5.73 Å². The summed E-state index contributed by atoms with van der Waals surface area (Å²) in [5, 5.41) is 7.50. The first-order valence-corrected chi connectivity index (χ1v) is 5.44. The number of aryl methyl sites for hydroxylation is 1. The van der Waals surface area contributed by atoms with Crippen LogP contribution in [0.5, 0.6) is 0 Å². The summed E-state index contributed by atoms with van der Waals surface area (Å²) in [5.41, 5.74) is 8.98. The van der Waals surface area contributed by atoms with E-state index in [1.165, 1.54) is 12.1 Å². The lowest BCUT2D eigenvalue weighted by Gasteiger charge is -2.13. The van der Waals surface area contributed by atoms with Crippen LogP contribution < -0.4 is 5.73 Å². The summed E-state index contributed by atoms with van der Waals surface area (Å²) < 4.78 is 13.0. The molecule has 0 aliphatic rings. The smallest absolute Gasteiger partial charge is 0.123 e. The van der Waals surface area contributed by atoms with Crippen molar-refractivity contribution in [2.45, 2.75) is 19.4 Å². The van der Waals surface area contributed by atoms with Gasteiger partial charge in [0.1, 0.15) is 5.82 Å². The largest absolute Gasteiger partial charge is 0.324 e. The third-order valence-electron chi connectivity index (χ3n) is 2.78. The summed E-state index contributed by atoms with van der Waals surface area (Å²) in [5.74, 6) is -0.217. The van der Waals surface area contributed by atoms with E-state index in [9.17, 15) is 4.39 Å². The summed E-state index contributed by atoms with van der Waals surface area (Å²) in [6.45, 7) is 1.88. The van der Waals surface area contributed by atoms with Crippen LogP contribution in [0.25, 0.3) is 0 Å². The highest BCUT2D eigenvalue weighted by Crippen LogP contribution is 2.18. The molecule has 0 spiro atoms. The maximum atomic E-state index is 13.0. The molecular weight excluding hydrogens is 217 g/mol. The van der Waals surface area contributed by atoms with Gasteiger partial charge in [0, 0.05) is 12.2 Å². The molecule has 1 atom stereocenters. The van der Waals surface area contributed by atoms with Gasteiger partial charge in [0.2, 0.25) is 0 Å². The van der Waals surface area contributed by atoms with Gasteiger partial charge in [-0.3, -0.25) is 0 Å². The average molecular weight is 231 g/mol. The van der Waals surface area contributed by atoms with Gasteiger partial charge in [0.15, 0.2) is 0 Å². The van der Waals surface area contributed by atoms with Gasteiger partial charge < -0.3 is 5.73 Å². The Morgan fingerprint density at radius 2 is 2.12 bits per heavy atom. The van der Waals surface area contributed by atoms with Crippen LogP contribution in [-0.4, -0.2) is 10.2 Å². The zero-order chi connectivity index (χ0) is 12.3. The lowest BCUT2D eigenvalue weighted by atomic mass is 9.98. The average Bonchev–Trinajstić information content (AvgIpc) is 2.34. The normalized spacial score (nSPS) is 12.4. The summed E-state index contributed by atoms with van der Waals surface area (Å²) >= 11 is 0. The van der Waals surface area contributed by atoms with Crippen LogP contribution >= 0.6 is 0 Å². The molecule has 0 fully saturated rings. The van der Waals surface area contributed by atoms with E-state index in [1.807, 2.05) is 13.0 Å². The Hall–Kier alpha value is -1.81. The molecule has 88 valence electrons. The predicted octanol–water partition coefficient (Wildman–Crippen LogP) is 2.17. The number of hydrogen-bond acceptors (Lipinski definition) is 3. The van der Waals surface area contributed by atoms with Gasteiger partial charge >= 0.3 is 0 Å². The van der Waals surface area contributed by atoms with Gasteiger partial charge in [0.05, 0.1) is 6.20 Å². The molecule has 2 aromatic rings. The van der Waals surface area contributed by atoms with E-state index >= 15 is 0 Å². The minimum atomic E-state index is -0.217. The fourth-order valence-electron chi connectivity index (χ4n) is 1.76. The monoisotopic (exact) mass is 231 g/mol. The Morgan fingerprint density at radius 3 is 2.76 bits per heavy atom. The van der Waals surface area contributed by atoms with E-state index in [0.29, 0.717) is 6.42 Å². The molecule has 1 heterocycles. The minimum absolute atomic E-state index is 0.144. The summed E-state index contributed by atoms with van der Waals surface area (Å²) in [7, 11) is 0. The first-order chi connectivity index (χ1) is 8.16. The SMILES string of the molecule is Cc1cc(F)ccc1CC(N)c1ccnnc1. The van der Waals surface area contributed by atoms with Crippen LogP contribution in [0.4, 0.5) is 4.39 Å². The molecule has 2 N–H and O–H groups in total. The van der Waals surface area contributed by atoms with E-state index in [0.717, 1.165) is 16.7 Å². The first kappa shape index (κ1) is 11.7. The highest BCUT2D eigenvalue weighted by molar-refractivity contribution is 5.28. The number of aromatic nitrogens is 2. The van der Waals surface area contributed by atoms with Crippen molar-refractivity contribution in [1.82, 2.24) is 10.2 Å². The zero-order valence-corrected chi connectivity index (χ0v) is 9.60. The molecular formula is C13H14FN3. The van der Waals surface area contributed by atoms with Gasteiger partial charge in [-0.1, -0.05) is 6.07 Å². The molecule has 0 saturated heterocycles. The van der Waals surface area contributed by atoms with Crippen molar-refractivity contribution in [3.8, 4) is 0 Å². The molecule has 1 aromatic heterocycles. The van der Waals surface area contributed by atoms with Gasteiger partial charge in [-0.05, 0) is 48.2 Å². The fourth-order valence-corrected chi connectivity index (χ4v) is 1.76. The van der Waals surface area contributed by atoms with E-state index in [2.05, 4.69) is 10.2 Å². The lowest BCUT2D eigenvalue weighted by Crippen LogP contribution is -2.14. The van der Waals surface area contributed by atoms with Gasteiger partial charge in [-0.25, -0.2) is 4.39 Å². The van der Waals surface area contributed by atoms with Crippen molar-refractivity contribution >= 4 is 0 Å². The van der Waals surface area contributed by atoms with Gasteiger partial charge in [0.25, 0.3) is 0 Å². The van der Waals surface area contributed by atoms with Crippen LogP contribution in [0.2, 0.25) is 0 Å². The number of hydrogen-bond donors (Lipinski definition) is 1. The molecule has 0 aliphatic heterocycles. The molecule has 0 bridgehead atoms. The quantitative estimate of drug-likeness (QED) is 0.880. The Balaban J connectivity index is 2.16. The number of benzene rings is 1. The minimum Gasteiger partial charge on any atom is -0.324 e. The summed E-state index contributed by atoms with van der Waals surface area (Å²) in [4.78, 5) is 0. The molecule has 1 aromatic carbocycles. The van der Waals surface area contributed by atoms with E-state index in [4.69, 9.17) is 5.73 Å². The van der Waals surface area contributed by atoms with Crippen LogP contribution in [-0.2, 0) is 6.42 Å². The van der Waals surface area contributed by atoms with E-state index in [-0.39, 0.29) is 11.9 Å². The molecule has 0 amide bonds. The Morgan fingerprint density at radius 1 is 1.29 bits per heavy atom.